The Bertz CT molecular complexity index is 371. The van der Waals surface area contributed by atoms with E-state index in [9.17, 15) is 0 Å². The van der Waals surface area contributed by atoms with Gasteiger partial charge in [-0.15, -0.1) is 0 Å². The number of nitrogens with one attached hydrogen (secondary N) is 1. The van der Waals surface area contributed by atoms with Gasteiger partial charge in [0.2, 0.25) is 0 Å². The van der Waals surface area contributed by atoms with Crippen LogP contribution in [0.1, 0.15) is 25.5 Å². The minimum absolute atomic E-state index is 0.513. The molecule has 1 fully saturated rings. The normalized spacial score (nSPS) is 18.6. The van der Waals surface area contributed by atoms with Gasteiger partial charge in [0.05, 0.1) is 0 Å². The van der Waals surface area contributed by atoms with Crippen LogP contribution in [0.3, 0.4) is 0 Å². The van der Waals surface area contributed by atoms with Gasteiger partial charge in [0.25, 0.3) is 0 Å². The van der Waals surface area contributed by atoms with Crippen molar-refractivity contribution < 1.29 is 0 Å². The van der Waals surface area contributed by atoms with E-state index in [1.54, 1.807) is 0 Å². The highest BCUT2D eigenvalue weighted by Gasteiger charge is 2.21. The van der Waals surface area contributed by atoms with Gasteiger partial charge in [0.1, 0.15) is 0 Å². The highest BCUT2D eigenvalue weighted by Crippen LogP contribution is 2.26. The van der Waals surface area contributed by atoms with Crippen molar-refractivity contribution in [2.24, 2.45) is 5.92 Å². The monoisotopic (exact) mass is 275 g/mol. The van der Waals surface area contributed by atoms with Crippen LogP contribution in [0.5, 0.6) is 0 Å². The van der Waals surface area contributed by atoms with Crippen molar-refractivity contribution in [1.29, 1.82) is 0 Å². The molecule has 1 aromatic carbocycles. The van der Waals surface area contributed by atoms with Crippen LogP contribution < -0.4 is 5.32 Å². The van der Waals surface area contributed by atoms with Gasteiger partial charge in [0.15, 0.2) is 0 Å². The Morgan fingerprint density at radius 2 is 1.80 bits per heavy atom. The molecule has 3 nitrogen and oxygen atoms in total. The van der Waals surface area contributed by atoms with Crippen LogP contribution in [0, 0.1) is 5.92 Å². The summed E-state index contributed by atoms with van der Waals surface area (Å²) >= 11 is 0. The summed E-state index contributed by atoms with van der Waals surface area (Å²) in [5.41, 5.74) is 1.44. The van der Waals surface area contributed by atoms with Crippen LogP contribution in [-0.4, -0.2) is 56.1 Å². The first-order chi connectivity index (χ1) is 9.68. The second-order valence-corrected chi connectivity index (χ2v) is 6.17. The molecule has 1 aliphatic rings. The molecule has 2 rings (SSSR count). The third-order valence-corrected chi connectivity index (χ3v) is 4.23. The lowest BCUT2D eigenvalue weighted by atomic mass is 9.95. The molecule has 20 heavy (non-hydrogen) atoms. The van der Waals surface area contributed by atoms with Crippen LogP contribution in [0.25, 0.3) is 0 Å². The van der Waals surface area contributed by atoms with Crippen molar-refractivity contribution in [1.82, 2.24) is 15.1 Å². The van der Waals surface area contributed by atoms with Crippen molar-refractivity contribution in [3.8, 4) is 0 Å². The van der Waals surface area contributed by atoms with E-state index in [0.29, 0.717) is 12.0 Å². The molecule has 1 atom stereocenters. The zero-order chi connectivity index (χ0) is 14.4. The Labute approximate surface area is 124 Å². The molecule has 1 aromatic rings. The quantitative estimate of drug-likeness (QED) is 0.859. The van der Waals surface area contributed by atoms with Crippen molar-refractivity contribution >= 4 is 0 Å². The van der Waals surface area contributed by atoms with E-state index < -0.39 is 0 Å². The Hall–Kier alpha value is -0.900. The molecule has 0 bridgehead atoms. The molecule has 1 unspecified atom stereocenters. The fraction of sp³-hybridized carbons (Fsp3) is 0.647. The van der Waals surface area contributed by atoms with Gasteiger partial charge in [-0.2, -0.15) is 0 Å². The van der Waals surface area contributed by atoms with Gasteiger partial charge in [-0.3, -0.25) is 9.80 Å². The Morgan fingerprint density at radius 3 is 2.40 bits per heavy atom. The molecule has 1 heterocycles. The summed E-state index contributed by atoms with van der Waals surface area (Å²) in [4.78, 5) is 5.08. The average molecular weight is 275 g/mol. The van der Waals surface area contributed by atoms with Crippen LogP contribution in [-0.2, 0) is 0 Å². The fourth-order valence-electron chi connectivity index (χ4n) is 3.17. The maximum atomic E-state index is 3.41. The predicted octanol–water partition coefficient (Wildman–Crippen LogP) is 2.22. The third-order valence-electron chi connectivity index (χ3n) is 4.23. The molecular weight excluding hydrogens is 246 g/mol. The summed E-state index contributed by atoms with van der Waals surface area (Å²) < 4.78 is 0. The number of nitrogens with zero attached hydrogens (tertiary/aromatic N) is 2. The molecule has 0 saturated carbocycles. The lowest BCUT2D eigenvalue weighted by Crippen LogP contribution is -2.46. The molecule has 112 valence electrons. The van der Waals surface area contributed by atoms with E-state index in [2.05, 4.69) is 66.3 Å². The van der Waals surface area contributed by atoms with Crippen LogP contribution >= 0.6 is 0 Å². The molecule has 0 radical (unpaired) electrons. The van der Waals surface area contributed by atoms with Crippen molar-refractivity contribution in [3.63, 3.8) is 0 Å². The first kappa shape index (κ1) is 15.5. The van der Waals surface area contributed by atoms with E-state index in [0.717, 1.165) is 19.6 Å². The first-order valence-corrected chi connectivity index (χ1v) is 7.86. The number of benzene rings is 1. The number of likely N-dealkylation sites (N-methyl/N-ethyl adjacent to an activating group) is 1. The van der Waals surface area contributed by atoms with E-state index in [-0.39, 0.29) is 0 Å². The minimum Gasteiger partial charge on any atom is -0.314 e. The van der Waals surface area contributed by atoms with Crippen molar-refractivity contribution in [3.05, 3.63) is 35.9 Å². The zero-order valence-corrected chi connectivity index (χ0v) is 13.2. The highest BCUT2D eigenvalue weighted by atomic mass is 15.2. The van der Waals surface area contributed by atoms with Gasteiger partial charge in [-0.05, 0) is 18.5 Å². The van der Waals surface area contributed by atoms with E-state index in [1.807, 2.05) is 0 Å². The molecule has 3 heteroatoms. The highest BCUT2D eigenvalue weighted by molar-refractivity contribution is 5.19. The molecule has 1 aliphatic heterocycles. The molecular formula is C17H29N3. The number of hydrogen-bond acceptors (Lipinski definition) is 3. The van der Waals surface area contributed by atoms with Crippen LogP contribution in [0.4, 0.5) is 0 Å². The van der Waals surface area contributed by atoms with Gasteiger partial charge < -0.3 is 5.32 Å². The summed E-state index contributed by atoms with van der Waals surface area (Å²) in [6.45, 7) is 11.6. The van der Waals surface area contributed by atoms with Gasteiger partial charge in [-0.1, -0.05) is 44.2 Å². The van der Waals surface area contributed by atoms with E-state index in [1.165, 1.54) is 25.2 Å². The van der Waals surface area contributed by atoms with Gasteiger partial charge in [-0.25, -0.2) is 0 Å². The van der Waals surface area contributed by atoms with E-state index in [4.69, 9.17) is 0 Å². The lowest BCUT2D eigenvalue weighted by molar-refractivity contribution is 0.152. The third kappa shape index (κ3) is 4.30. The maximum absolute atomic E-state index is 3.41. The standard InChI is InChI=1S/C17H29N3/c1-15(2)17(16-7-5-4-6-8-16)19(3)13-14-20-11-9-18-10-12-20/h4-8,15,17-18H,9-14H2,1-3H3. The fourth-order valence-corrected chi connectivity index (χ4v) is 3.17. The topological polar surface area (TPSA) is 18.5 Å². The second-order valence-electron chi connectivity index (χ2n) is 6.17. The molecule has 0 spiro atoms. The summed E-state index contributed by atoms with van der Waals surface area (Å²) in [6.07, 6.45) is 0. The average Bonchev–Trinajstić information content (AvgIpc) is 2.47. The maximum Gasteiger partial charge on any atom is 0.0368 e. The summed E-state index contributed by atoms with van der Waals surface area (Å²) in [5.74, 6) is 0.630. The number of piperazine rings is 1. The summed E-state index contributed by atoms with van der Waals surface area (Å²) in [6, 6.07) is 11.4. The summed E-state index contributed by atoms with van der Waals surface area (Å²) in [5, 5.41) is 3.41. The second kappa shape index (κ2) is 7.77. The predicted molar refractivity (Wildman–Crippen MR) is 86.0 cm³/mol. The number of rotatable bonds is 6. The lowest BCUT2D eigenvalue weighted by Gasteiger charge is -2.34. The van der Waals surface area contributed by atoms with Crippen LogP contribution in [0.2, 0.25) is 0 Å². The molecule has 1 N–H and O–H groups in total. The molecule has 1 saturated heterocycles. The smallest absolute Gasteiger partial charge is 0.0368 e. The van der Waals surface area contributed by atoms with E-state index >= 15 is 0 Å². The minimum atomic E-state index is 0.513. The molecule has 0 aromatic heterocycles. The Morgan fingerprint density at radius 1 is 1.15 bits per heavy atom. The van der Waals surface area contributed by atoms with Gasteiger partial charge in [0, 0.05) is 45.3 Å². The zero-order valence-electron chi connectivity index (χ0n) is 13.2. The van der Waals surface area contributed by atoms with Gasteiger partial charge >= 0.3 is 0 Å². The first-order valence-electron chi connectivity index (χ1n) is 7.86. The Kier molecular flexibility index (Phi) is 6.02. The Balaban J connectivity index is 1.91. The van der Waals surface area contributed by atoms with Crippen molar-refractivity contribution in [2.45, 2.75) is 19.9 Å². The molecule has 0 aliphatic carbocycles. The SMILES string of the molecule is CC(C)C(c1ccccc1)N(C)CCN1CCNCC1. The summed E-state index contributed by atoms with van der Waals surface area (Å²) in [7, 11) is 2.26. The molecule has 0 amide bonds. The largest absolute Gasteiger partial charge is 0.314 e. The number of hydrogen-bond donors (Lipinski definition) is 1. The van der Waals surface area contributed by atoms with Crippen LogP contribution in [0.15, 0.2) is 30.3 Å². The van der Waals surface area contributed by atoms with Crippen molar-refractivity contribution in [2.75, 3.05) is 46.3 Å².